The molecule has 0 unspecified atom stereocenters. The van der Waals surface area contributed by atoms with Crippen LogP contribution in [0.5, 0.6) is 0 Å². The van der Waals surface area contributed by atoms with Gasteiger partial charge < -0.3 is 4.90 Å². The van der Waals surface area contributed by atoms with Crippen molar-refractivity contribution in [1.82, 2.24) is 9.88 Å². The smallest absolute Gasteiger partial charge is 0.226 e. The molecule has 0 atom stereocenters. The quantitative estimate of drug-likeness (QED) is 0.640. The second-order valence-corrected chi connectivity index (χ2v) is 7.46. The molecule has 3 nitrogen and oxygen atoms in total. The summed E-state index contributed by atoms with van der Waals surface area (Å²) in [6.45, 7) is 1.44. The molecule has 2 aromatic carbocycles. The van der Waals surface area contributed by atoms with Gasteiger partial charge in [0.1, 0.15) is 5.82 Å². The third-order valence-electron chi connectivity index (χ3n) is 5.29. The summed E-state index contributed by atoms with van der Waals surface area (Å²) in [5.74, 6) is 0.214. The average molecular weight is 383 g/mol. The molecule has 1 fully saturated rings. The van der Waals surface area contributed by atoms with Crippen molar-refractivity contribution in [2.75, 3.05) is 13.1 Å². The first-order chi connectivity index (χ1) is 13.1. The molecule has 138 valence electrons. The number of pyridine rings is 1. The maximum atomic E-state index is 13.7. The van der Waals surface area contributed by atoms with Crippen molar-refractivity contribution in [1.29, 1.82) is 0 Å². The van der Waals surface area contributed by atoms with Crippen molar-refractivity contribution < 1.29 is 9.18 Å². The minimum atomic E-state index is -0.243. The molecule has 27 heavy (non-hydrogen) atoms. The van der Waals surface area contributed by atoms with E-state index in [0.29, 0.717) is 17.4 Å². The van der Waals surface area contributed by atoms with Gasteiger partial charge in [-0.1, -0.05) is 23.7 Å². The molecule has 0 bridgehead atoms. The SMILES string of the molecule is O=C(Cc1ccc(Cl)cc1)N1CCC(c2ccnc3ccc(F)cc23)CC1. The molecule has 1 aliphatic rings. The average Bonchev–Trinajstić information content (AvgIpc) is 2.69. The summed E-state index contributed by atoms with van der Waals surface area (Å²) in [5, 5.41) is 1.55. The molecule has 0 radical (unpaired) electrons. The van der Waals surface area contributed by atoms with Crippen LogP contribution >= 0.6 is 11.6 Å². The zero-order valence-corrected chi connectivity index (χ0v) is 15.6. The Bertz CT molecular complexity index is 966. The number of likely N-dealkylation sites (tertiary alicyclic amines) is 1. The third-order valence-corrected chi connectivity index (χ3v) is 5.55. The zero-order valence-electron chi connectivity index (χ0n) is 14.9. The van der Waals surface area contributed by atoms with Gasteiger partial charge in [-0.25, -0.2) is 4.39 Å². The van der Waals surface area contributed by atoms with Crippen LogP contribution in [0.1, 0.15) is 29.9 Å². The summed E-state index contributed by atoms with van der Waals surface area (Å²) in [5.41, 5.74) is 2.92. The molecule has 0 saturated carbocycles. The van der Waals surface area contributed by atoms with Gasteiger partial charge in [-0.05, 0) is 66.3 Å². The number of carbonyl (C=O) groups excluding carboxylic acids is 1. The van der Waals surface area contributed by atoms with E-state index >= 15 is 0 Å². The fraction of sp³-hybridized carbons (Fsp3) is 0.273. The Balaban J connectivity index is 1.44. The largest absolute Gasteiger partial charge is 0.342 e. The van der Waals surface area contributed by atoms with Crippen molar-refractivity contribution in [3.8, 4) is 0 Å². The predicted molar refractivity (Wildman–Crippen MR) is 105 cm³/mol. The Morgan fingerprint density at radius 1 is 1.11 bits per heavy atom. The van der Waals surface area contributed by atoms with Crippen LogP contribution < -0.4 is 0 Å². The first-order valence-corrected chi connectivity index (χ1v) is 9.54. The summed E-state index contributed by atoms with van der Waals surface area (Å²) in [6.07, 6.45) is 3.93. The van der Waals surface area contributed by atoms with E-state index in [1.165, 1.54) is 6.07 Å². The van der Waals surface area contributed by atoms with Gasteiger partial charge in [0.25, 0.3) is 0 Å². The van der Waals surface area contributed by atoms with E-state index in [2.05, 4.69) is 4.98 Å². The van der Waals surface area contributed by atoms with Crippen molar-refractivity contribution >= 4 is 28.4 Å². The molecule has 1 amide bonds. The van der Waals surface area contributed by atoms with Crippen LogP contribution in [0, 0.1) is 5.82 Å². The van der Waals surface area contributed by atoms with Gasteiger partial charge in [-0.3, -0.25) is 9.78 Å². The second kappa shape index (κ2) is 7.65. The van der Waals surface area contributed by atoms with Crippen LogP contribution in [0.25, 0.3) is 10.9 Å². The lowest BCUT2D eigenvalue weighted by molar-refractivity contribution is -0.131. The summed E-state index contributed by atoms with van der Waals surface area (Å²) < 4.78 is 13.7. The van der Waals surface area contributed by atoms with E-state index in [1.807, 2.05) is 35.2 Å². The predicted octanol–water partition coefficient (Wildman–Crippen LogP) is 4.98. The van der Waals surface area contributed by atoms with Crippen LogP contribution in [0.15, 0.2) is 54.7 Å². The highest BCUT2D eigenvalue weighted by atomic mass is 35.5. The number of fused-ring (bicyclic) bond motifs is 1. The van der Waals surface area contributed by atoms with Gasteiger partial charge in [0.05, 0.1) is 11.9 Å². The highest BCUT2D eigenvalue weighted by Gasteiger charge is 2.25. The van der Waals surface area contributed by atoms with Gasteiger partial charge in [0.2, 0.25) is 5.91 Å². The normalized spacial score (nSPS) is 15.3. The van der Waals surface area contributed by atoms with E-state index in [4.69, 9.17) is 11.6 Å². The molecular weight excluding hydrogens is 363 g/mol. The Morgan fingerprint density at radius 3 is 2.59 bits per heavy atom. The molecular formula is C22H20ClFN2O. The van der Waals surface area contributed by atoms with Crippen molar-refractivity contribution in [3.05, 3.63) is 76.7 Å². The third kappa shape index (κ3) is 3.96. The first-order valence-electron chi connectivity index (χ1n) is 9.16. The molecule has 3 aromatic rings. The standard InChI is InChI=1S/C22H20ClFN2O/c23-17-3-1-15(2-4-17)13-22(27)26-11-8-16(9-12-26)19-7-10-25-21-6-5-18(24)14-20(19)21/h1-7,10,14,16H,8-9,11-13H2. The number of carbonyl (C=O) groups is 1. The van der Waals surface area contributed by atoms with E-state index in [1.54, 1.807) is 18.3 Å². The van der Waals surface area contributed by atoms with Gasteiger partial charge in [0.15, 0.2) is 0 Å². The van der Waals surface area contributed by atoms with Gasteiger partial charge in [0, 0.05) is 29.7 Å². The fourth-order valence-corrected chi connectivity index (χ4v) is 3.95. The number of nitrogens with zero attached hydrogens (tertiary/aromatic N) is 2. The molecule has 5 heteroatoms. The topological polar surface area (TPSA) is 33.2 Å². The molecule has 0 N–H and O–H groups in total. The lowest BCUT2D eigenvalue weighted by Gasteiger charge is -2.32. The minimum absolute atomic E-state index is 0.140. The maximum absolute atomic E-state index is 13.7. The van der Waals surface area contributed by atoms with Crippen molar-refractivity contribution in [2.24, 2.45) is 0 Å². The summed E-state index contributed by atoms with van der Waals surface area (Å²) in [6, 6.07) is 14.1. The monoisotopic (exact) mass is 382 g/mol. The summed E-state index contributed by atoms with van der Waals surface area (Å²) in [7, 11) is 0. The number of amides is 1. The van der Waals surface area contributed by atoms with Crippen LogP contribution in [-0.2, 0) is 11.2 Å². The van der Waals surface area contributed by atoms with Crippen LogP contribution in [0.2, 0.25) is 5.02 Å². The first kappa shape index (κ1) is 17.9. The minimum Gasteiger partial charge on any atom is -0.342 e. The summed E-state index contributed by atoms with van der Waals surface area (Å²) >= 11 is 5.90. The Morgan fingerprint density at radius 2 is 1.85 bits per heavy atom. The number of rotatable bonds is 3. The highest BCUT2D eigenvalue weighted by molar-refractivity contribution is 6.30. The number of aromatic nitrogens is 1. The Hall–Kier alpha value is -2.46. The van der Waals surface area contributed by atoms with Crippen molar-refractivity contribution in [2.45, 2.75) is 25.2 Å². The second-order valence-electron chi connectivity index (χ2n) is 7.02. The lowest BCUT2D eigenvalue weighted by atomic mass is 9.87. The molecule has 2 heterocycles. The van der Waals surface area contributed by atoms with Crippen LogP contribution in [0.4, 0.5) is 4.39 Å². The molecule has 1 aliphatic heterocycles. The van der Waals surface area contributed by atoms with Gasteiger partial charge in [-0.2, -0.15) is 0 Å². The number of hydrogen-bond acceptors (Lipinski definition) is 2. The number of halogens is 2. The van der Waals surface area contributed by atoms with E-state index in [-0.39, 0.29) is 11.7 Å². The summed E-state index contributed by atoms with van der Waals surface area (Å²) in [4.78, 5) is 18.8. The van der Waals surface area contributed by atoms with E-state index < -0.39 is 0 Å². The number of hydrogen-bond donors (Lipinski definition) is 0. The Labute approximate surface area is 162 Å². The molecule has 1 aromatic heterocycles. The lowest BCUT2D eigenvalue weighted by Crippen LogP contribution is -2.38. The van der Waals surface area contributed by atoms with Gasteiger partial charge >= 0.3 is 0 Å². The van der Waals surface area contributed by atoms with E-state index in [9.17, 15) is 9.18 Å². The molecule has 4 rings (SSSR count). The van der Waals surface area contributed by atoms with Crippen molar-refractivity contribution in [3.63, 3.8) is 0 Å². The Kier molecular flexibility index (Phi) is 5.08. The zero-order chi connectivity index (χ0) is 18.8. The number of benzene rings is 2. The molecule has 0 aliphatic carbocycles. The fourth-order valence-electron chi connectivity index (χ4n) is 3.82. The highest BCUT2D eigenvalue weighted by Crippen LogP contribution is 2.33. The number of piperidine rings is 1. The van der Waals surface area contributed by atoms with Crippen LogP contribution in [0.3, 0.4) is 0 Å². The molecule has 0 spiro atoms. The van der Waals surface area contributed by atoms with Crippen LogP contribution in [-0.4, -0.2) is 28.9 Å². The van der Waals surface area contributed by atoms with Gasteiger partial charge in [-0.15, -0.1) is 0 Å². The van der Waals surface area contributed by atoms with E-state index in [0.717, 1.165) is 48.0 Å². The maximum Gasteiger partial charge on any atom is 0.226 e. The molecule has 1 saturated heterocycles.